The molecule has 1 aromatic heterocycles. The number of benzene rings is 2. The van der Waals surface area contributed by atoms with E-state index in [1.165, 1.54) is 6.08 Å². The average molecular weight is 487 g/mol. The van der Waals surface area contributed by atoms with E-state index in [2.05, 4.69) is 11.6 Å². The van der Waals surface area contributed by atoms with Gasteiger partial charge in [-0.25, -0.2) is 0 Å². The molecule has 3 aromatic rings. The summed E-state index contributed by atoms with van der Waals surface area (Å²) >= 11 is 0. The lowest BCUT2D eigenvalue weighted by Gasteiger charge is -2.30. The van der Waals surface area contributed by atoms with Crippen LogP contribution in [0.2, 0.25) is 0 Å². The van der Waals surface area contributed by atoms with Gasteiger partial charge in [-0.15, -0.1) is 0 Å². The van der Waals surface area contributed by atoms with Crippen LogP contribution >= 0.6 is 0 Å². The number of amides is 2. The summed E-state index contributed by atoms with van der Waals surface area (Å²) in [6.45, 7) is 7.15. The van der Waals surface area contributed by atoms with Gasteiger partial charge in [0.05, 0.1) is 30.2 Å². The summed E-state index contributed by atoms with van der Waals surface area (Å²) in [6.07, 6.45) is 6.23. The van der Waals surface area contributed by atoms with Crippen molar-refractivity contribution in [2.75, 3.05) is 36.5 Å². The standard InChI is InChI=1S/C28H30N4O4/c1-4-28(34)31-16-14-22(19-31)32(20-33)26-13-15-29-18-27(26)30(3)21-9-11-23(12-10-21)36-25-8-6-7-24(17-25)35-5-2/h4,6-13,15,17-18,20,22H,1,5,14,16,19H2,2-3H3. The number of anilines is 3. The first kappa shape index (κ1) is 24.8. The zero-order valence-electron chi connectivity index (χ0n) is 20.5. The summed E-state index contributed by atoms with van der Waals surface area (Å²) < 4.78 is 11.5. The van der Waals surface area contributed by atoms with Crippen LogP contribution in [-0.2, 0) is 9.59 Å². The van der Waals surface area contributed by atoms with Gasteiger partial charge in [-0.05, 0) is 61.9 Å². The number of nitrogens with zero attached hydrogens (tertiary/aromatic N) is 4. The predicted molar refractivity (Wildman–Crippen MR) is 140 cm³/mol. The molecule has 4 rings (SSSR count). The van der Waals surface area contributed by atoms with Crippen LogP contribution in [0.5, 0.6) is 17.2 Å². The average Bonchev–Trinajstić information content (AvgIpc) is 3.39. The second-order valence-electron chi connectivity index (χ2n) is 8.37. The van der Waals surface area contributed by atoms with Crippen molar-refractivity contribution < 1.29 is 19.1 Å². The minimum Gasteiger partial charge on any atom is -0.494 e. The monoisotopic (exact) mass is 486 g/mol. The number of carbonyl (C=O) groups excluding carboxylic acids is 2. The van der Waals surface area contributed by atoms with Gasteiger partial charge in [0.25, 0.3) is 0 Å². The van der Waals surface area contributed by atoms with Gasteiger partial charge in [-0.3, -0.25) is 14.6 Å². The van der Waals surface area contributed by atoms with Gasteiger partial charge < -0.3 is 24.2 Å². The molecule has 1 unspecified atom stereocenters. The van der Waals surface area contributed by atoms with E-state index in [-0.39, 0.29) is 11.9 Å². The fraction of sp³-hybridized carbons (Fsp3) is 0.250. The number of carbonyl (C=O) groups is 2. The smallest absolute Gasteiger partial charge is 0.246 e. The molecule has 2 heterocycles. The summed E-state index contributed by atoms with van der Waals surface area (Å²) in [5.74, 6) is 2.02. The highest BCUT2D eigenvalue weighted by molar-refractivity contribution is 5.89. The quantitative estimate of drug-likeness (QED) is 0.303. The van der Waals surface area contributed by atoms with E-state index in [0.29, 0.717) is 37.6 Å². The van der Waals surface area contributed by atoms with Crippen LogP contribution in [-0.4, -0.2) is 55.0 Å². The van der Waals surface area contributed by atoms with Gasteiger partial charge in [0.1, 0.15) is 17.2 Å². The van der Waals surface area contributed by atoms with Crippen LogP contribution in [0.1, 0.15) is 13.3 Å². The lowest BCUT2D eigenvalue weighted by molar-refractivity contribution is -0.125. The van der Waals surface area contributed by atoms with E-state index in [1.807, 2.05) is 73.5 Å². The van der Waals surface area contributed by atoms with Crippen LogP contribution in [0.15, 0.2) is 79.6 Å². The Labute approximate surface area is 211 Å². The molecular formula is C28H30N4O4. The van der Waals surface area contributed by atoms with Gasteiger partial charge in [0.2, 0.25) is 12.3 Å². The lowest BCUT2D eigenvalue weighted by atomic mass is 10.2. The van der Waals surface area contributed by atoms with Crippen molar-refractivity contribution in [1.82, 2.24) is 9.88 Å². The van der Waals surface area contributed by atoms with E-state index in [4.69, 9.17) is 9.47 Å². The molecule has 1 saturated heterocycles. The van der Waals surface area contributed by atoms with Crippen LogP contribution in [0, 0.1) is 0 Å². The summed E-state index contributed by atoms with van der Waals surface area (Å²) in [6, 6.07) is 16.9. The van der Waals surface area contributed by atoms with E-state index in [9.17, 15) is 9.59 Å². The van der Waals surface area contributed by atoms with Crippen molar-refractivity contribution >= 4 is 29.4 Å². The van der Waals surface area contributed by atoms with Gasteiger partial charge >= 0.3 is 0 Å². The van der Waals surface area contributed by atoms with Crippen molar-refractivity contribution in [2.45, 2.75) is 19.4 Å². The van der Waals surface area contributed by atoms with Crippen LogP contribution in [0.25, 0.3) is 0 Å². The molecule has 1 atom stereocenters. The molecule has 1 aliphatic heterocycles. The Morgan fingerprint density at radius 2 is 1.92 bits per heavy atom. The van der Waals surface area contributed by atoms with Crippen LogP contribution < -0.4 is 19.3 Å². The van der Waals surface area contributed by atoms with E-state index in [0.717, 1.165) is 29.2 Å². The van der Waals surface area contributed by atoms with Gasteiger partial charge in [0, 0.05) is 38.1 Å². The van der Waals surface area contributed by atoms with Crippen LogP contribution in [0.4, 0.5) is 17.1 Å². The first-order chi connectivity index (χ1) is 17.5. The maximum atomic E-state index is 12.2. The van der Waals surface area contributed by atoms with Crippen molar-refractivity contribution in [3.8, 4) is 17.2 Å². The maximum Gasteiger partial charge on any atom is 0.246 e. The number of hydrogen-bond acceptors (Lipinski definition) is 6. The minimum absolute atomic E-state index is 0.121. The second kappa shape index (κ2) is 11.4. The number of aromatic nitrogens is 1. The Kier molecular flexibility index (Phi) is 7.85. The molecule has 0 aliphatic carbocycles. The molecule has 8 nitrogen and oxygen atoms in total. The van der Waals surface area contributed by atoms with Crippen molar-refractivity contribution in [3.63, 3.8) is 0 Å². The highest BCUT2D eigenvalue weighted by atomic mass is 16.5. The van der Waals surface area contributed by atoms with Gasteiger partial charge in [-0.2, -0.15) is 0 Å². The largest absolute Gasteiger partial charge is 0.494 e. The number of rotatable bonds is 10. The predicted octanol–water partition coefficient (Wildman–Crippen LogP) is 4.79. The summed E-state index contributed by atoms with van der Waals surface area (Å²) in [5, 5.41) is 0. The summed E-state index contributed by atoms with van der Waals surface area (Å²) in [7, 11) is 1.92. The molecular weight excluding hydrogens is 456 g/mol. The SMILES string of the molecule is C=CC(=O)N1CCC(N(C=O)c2ccncc2N(C)c2ccc(Oc3cccc(OCC)c3)cc2)C1. The Hall–Kier alpha value is -4.33. The fourth-order valence-electron chi connectivity index (χ4n) is 4.30. The fourth-order valence-corrected chi connectivity index (χ4v) is 4.30. The normalized spacial score (nSPS) is 14.7. The first-order valence-corrected chi connectivity index (χ1v) is 11.9. The van der Waals surface area contributed by atoms with Crippen molar-refractivity contribution in [2.24, 2.45) is 0 Å². The number of ether oxygens (including phenoxy) is 2. The molecule has 0 N–H and O–H groups in total. The summed E-state index contributed by atoms with van der Waals surface area (Å²) in [4.78, 5) is 33.9. The highest BCUT2D eigenvalue weighted by Crippen LogP contribution is 2.35. The molecule has 8 heteroatoms. The first-order valence-electron chi connectivity index (χ1n) is 11.9. The van der Waals surface area contributed by atoms with E-state index >= 15 is 0 Å². The molecule has 186 valence electrons. The van der Waals surface area contributed by atoms with E-state index in [1.54, 1.807) is 22.2 Å². The minimum atomic E-state index is -0.123. The molecule has 1 aliphatic rings. The van der Waals surface area contributed by atoms with Crippen LogP contribution in [0.3, 0.4) is 0 Å². The molecule has 1 fully saturated rings. The van der Waals surface area contributed by atoms with Crippen molar-refractivity contribution in [3.05, 3.63) is 79.6 Å². The molecule has 36 heavy (non-hydrogen) atoms. The molecule has 0 saturated carbocycles. The number of likely N-dealkylation sites (tertiary alicyclic amines) is 1. The van der Waals surface area contributed by atoms with E-state index < -0.39 is 0 Å². The summed E-state index contributed by atoms with van der Waals surface area (Å²) in [5.41, 5.74) is 2.41. The third-order valence-corrected chi connectivity index (χ3v) is 6.15. The zero-order valence-corrected chi connectivity index (χ0v) is 20.5. The molecule has 2 aromatic carbocycles. The molecule has 0 bridgehead atoms. The molecule has 2 amide bonds. The lowest BCUT2D eigenvalue weighted by Crippen LogP contribution is -2.38. The number of pyridine rings is 1. The zero-order chi connectivity index (χ0) is 25.5. The third-order valence-electron chi connectivity index (χ3n) is 6.15. The third kappa shape index (κ3) is 5.49. The Balaban J connectivity index is 1.51. The number of hydrogen-bond donors (Lipinski definition) is 0. The van der Waals surface area contributed by atoms with Gasteiger partial charge in [-0.1, -0.05) is 12.6 Å². The highest BCUT2D eigenvalue weighted by Gasteiger charge is 2.31. The Morgan fingerprint density at radius 3 is 2.64 bits per heavy atom. The molecule has 0 spiro atoms. The second-order valence-corrected chi connectivity index (χ2v) is 8.37. The Bertz CT molecular complexity index is 1210. The Morgan fingerprint density at radius 1 is 1.14 bits per heavy atom. The maximum absolute atomic E-state index is 12.2. The van der Waals surface area contributed by atoms with Crippen molar-refractivity contribution in [1.29, 1.82) is 0 Å². The topological polar surface area (TPSA) is 75.2 Å². The molecule has 0 radical (unpaired) electrons. The van der Waals surface area contributed by atoms with Gasteiger partial charge in [0.15, 0.2) is 0 Å².